The number of aryl methyl sites for hydroxylation is 2. The van der Waals surface area contributed by atoms with Crippen LogP contribution in [0.5, 0.6) is 0 Å². The summed E-state index contributed by atoms with van der Waals surface area (Å²) in [5, 5.41) is 10.2. The van der Waals surface area contributed by atoms with Crippen LogP contribution in [-0.4, -0.2) is 34.2 Å². The maximum atomic E-state index is 12.9. The Kier molecular flexibility index (Phi) is 6.67. The minimum atomic E-state index is -0.320. The third-order valence-electron chi connectivity index (χ3n) is 4.66. The van der Waals surface area contributed by atoms with Crippen molar-refractivity contribution in [1.29, 1.82) is 0 Å². The molecule has 0 aliphatic heterocycles. The Morgan fingerprint density at radius 2 is 1.57 bits per heavy atom. The molecule has 156 valence electrons. The zero-order chi connectivity index (χ0) is 21.7. The lowest BCUT2D eigenvalue weighted by Gasteiger charge is -2.09. The quantitative estimate of drug-likeness (QED) is 0.633. The second kappa shape index (κ2) is 9.39. The predicted molar refractivity (Wildman–Crippen MR) is 118 cm³/mol. The fourth-order valence-electron chi connectivity index (χ4n) is 3.10. The lowest BCUT2D eigenvalue weighted by Crippen LogP contribution is -2.39. The molecule has 0 radical (unpaired) electrons. The van der Waals surface area contributed by atoms with Crippen molar-refractivity contribution < 1.29 is 9.59 Å². The van der Waals surface area contributed by atoms with Gasteiger partial charge >= 0.3 is 0 Å². The van der Waals surface area contributed by atoms with Crippen LogP contribution in [0, 0.1) is 13.8 Å². The molecule has 2 N–H and O–H groups in total. The summed E-state index contributed by atoms with van der Waals surface area (Å²) >= 11 is 0. The molecule has 0 saturated heterocycles. The number of aromatic nitrogens is 2. The molecule has 1 aromatic heterocycles. The molecule has 0 aliphatic carbocycles. The second-order valence-corrected chi connectivity index (χ2v) is 7.85. The summed E-state index contributed by atoms with van der Waals surface area (Å²) in [6.07, 6.45) is 1.74. The van der Waals surface area contributed by atoms with Crippen LogP contribution in [0.3, 0.4) is 0 Å². The van der Waals surface area contributed by atoms with Crippen LogP contribution < -0.4 is 10.6 Å². The molecule has 30 heavy (non-hydrogen) atoms. The highest BCUT2D eigenvalue weighted by molar-refractivity contribution is 6.01. The van der Waals surface area contributed by atoms with E-state index >= 15 is 0 Å². The van der Waals surface area contributed by atoms with Gasteiger partial charge in [0, 0.05) is 17.8 Å². The SMILES string of the molecule is Cc1ccc(Cn2cc(C(=O)NCC(=O)NC(C)C)c(-c3ccc(C)cc3)n2)cc1. The van der Waals surface area contributed by atoms with Gasteiger partial charge in [-0.25, -0.2) is 0 Å². The van der Waals surface area contributed by atoms with E-state index in [1.165, 1.54) is 5.56 Å². The van der Waals surface area contributed by atoms with Gasteiger partial charge in [0.2, 0.25) is 5.91 Å². The molecular weight excluding hydrogens is 376 g/mol. The van der Waals surface area contributed by atoms with E-state index in [1.807, 2.05) is 52.0 Å². The van der Waals surface area contributed by atoms with E-state index in [1.54, 1.807) is 10.9 Å². The summed E-state index contributed by atoms with van der Waals surface area (Å²) in [7, 11) is 0. The smallest absolute Gasteiger partial charge is 0.255 e. The van der Waals surface area contributed by atoms with Gasteiger partial charge in [-0.1, -0.05) is 59.7 Å². The molecule has 2 amide bonds. The Hall–Kier alpha value is -3.41. The fraction of sp³-hybridized carbons (Fsp3) is 0.292. The molecule has 1 heterocycles. The zero-order valence-corrected chi connectivity index (χ0v) is 17.9. The molecule has 0 bridgehead atoms. The molecule has 3 aromatic rings. The molecule has 0 spiro atoms. The van der Waals surface area contributed by atoms with Gasteiger partial charge in [0.1, 0.15) is 5.69 Å². The van der Waals surface area contributed by atoms with Crippen molar-refractivity contribution in [1.82, 2.24) is 20.4 Å². The lowest BCUT2D eigenvalue weighted by atomic mass is 10.1. The number of benzene rings is 2. The molecule has 0 fully saturated rings. The molecule has 6 heteroatoms. The highest BCUT2D eigenvalue weighted by Gasteiger charge is 2.19. The topological polar surface area (TPSA) is 76.0 Å². The maximum absolute atomic E-state index is 12.9. The van der Waals surface area contributed by atoms with Crippen molar-refractivity contribution in [3.8, 4) is 11.3 Å². The van der Waals surface area contributed by atoms with E-state index in [0.717, 1.165) is 16.7 Å². The predicted octanol–water partition coefficient (Wildman–Crippen LogP) is 3.47. The largest absolute Gasteiger partial charge is 0.352 e. The molecule has 0 atom stereocenters. The standard InChI is InChI=1S/C24H28N4O2/c1-16(2)26-22(29)13-25-24(30)21-15-28(14-19-9-5-17(3)6-10-19)27-23(21)20-11-7-18(4)8-12-20/h5-12,15-16H,13-14H2,1-4H3,(H,25,30)(H,26,29). The first-order valence-electron chi connectivity index (χ1n) is 10.1. The Morgan fingerprint density at radius 1 is 0.967 bits per heavy atom. The Labute approximate surface area is 177 Å². The summed E-state index contributed by atoms with van der Waals surface area (Å²) in [4.78, 5) is 24.8. The van der Waals surface area contributed by atoms with Crippen LogP contribution in [0.4, 0.5) is 0 Å². The summed E-state index contributed by atoms with van der Waals surface area (Å²) in [6.45, 7) is 8.30. The van der Waals surface area contributed by atoms with Gasteiger partial charge in [0.05, 0.1) is 18.7 Å². The number of amides is 2. The molecule has 0 aliphatic rings. The average Bonchev–Trinajstić information content (AvgIpc) is 3.12. The summed E-state index contributed by atoms with van der Waals surface area (Å²) in [6, 6.07) is 16.1. The third kappa shape index (κ3) is 5.56. The number of carbonyl (C=O) groups is 2. The molecular formula is C24H28N4O2. The van der Waals surface area contributed by atoms with Crippen molar-refractivity contribution in [2.24, 2.45) is 0 Å². The van der Waals surface area contributed by atoms with E-state index in [0.29, 0.717) is 17.8 Å². The van der Waals surface area contributed by atoms with Gasteiger partial charge in [-0.15, -0.1) is 0 Å². The molecule has 6 nitrogen and oxygen atoms in total. The van der Waals surface area contributed by atoms with E-state index in [9.17, 15) is 9.59 Å². The van der Waals surface area contributed by atoms with E-state index in [2.05, 4.69) is 40.0 Å². The Bertz CT molecular complexity index is 1020. The normalized spacial score (nSPS) is 10.8. The van der Waals surface area contributed by atoms with Gasteiger partial charge in [0.25, 0.3) is 5.91 Å². The minimum Gasteiger partial charge on any atom is -0.352 e. The average molecular weight is 405 g/mol. The minimum absolute atomic E-state index is 0.0229. The Balaban J connectivity index is 1.86. The summed E-state index contributed by atoms with van der Waals surface area (Å²) in [5.41, 5.74) is 5.34. The van der Waals surface area contributed by atoms with E-state index in [4.69, 9.17) is 0 Å². The van der Waals surface area contributed by atoms with Crippen LogP contribution in [0.15, 0.2) is 54.7 Å². The van der Waals surface area contributed by atoms with Gasteiger partial charge in [-0.05, 0) is 33.3 Å². The molecule has 0 unspecified atom stereocenters. The van der Waals surface area contributed by atoms with Crippen LogP contribution in [0.1, 0.15) is 40.9 Å². The summed E-state index contributed by atoms with van der Waals surface area (Å²) < 4.78 is 1.77. The number of carbonyl (C=O) groups excluding carboxylic acids is 2. The molecule has 2 aromatic carbocycles. The first kappa shape index (κ1) is 21.3. The number of rotatable bonds is 7. The van der Waals surface area contributed by atoms with Crippen LogP contribution >= 0.6 is 0 Å². The third-order valence-corrected chi connectivity index (χ3v) is 4.66. The van der Waals surface area contributed by atoms with Gasteiger partial charge in [-0.3, -0.25) is 14.3 Å². The molecule has 3 rings (SSSR count). The number of nitrogens with zero attached hydrogens (tertiary/aromatic N) is 2. The van der Waals surface area contributed by atoms with Crippen LogP contribution in [0.2, 0.25) is 0 Å². The van der Waals surface area contributed by atoms with Crippen molar-refractivity contribution in [3.63, 3.8) is 0 Å². The van der Waals surface area contributed by atoms with Gasteiger partial charge < -0.3 is 10.6 Å². The van der Waals surface area contributed by atoms with Crippen molar-refractivity contribution in [2.45, 2.75) is 40.3 Å². The number of hydrogen-bond donors (Lipinski definition) is 2. The molecule has 0 saturated carbocycles. The monoisotopic (exact) mass is 404 g/mol. The van der Waals surface area contributed by atoms with Crippen LogP contribution in [0.25, 0.3) is 11.3 Å². The highest BCUT2D eigenvalue weighted by atomic mass is 16.2. The zero-order valence-electron chi connectivity index (χ0n) is 17.9. The number of nitrogens with one attached hydrogen (secondary N) is 2. The maximum Gasteiger partial charge on any atom is 0.255 e. The van der Waals surface area contributed by atoms with Gasteiger partial charge in [0.15, 0.2) is 0 Å². The second-order valence-electron chi connectivity index (χ2n) is 7.85. The van der Waals surface area contributed by atoms with E-state index in [-0.39, 0.29) is 24.4 Å². The lowest BCUT2D eigenvalue weighted by molar-refractivity contribution is -0.120. The number of hydrogen-bond acceptors (Lipinski definition) is 3. The first-order chi connectivity index (χ1) is 14.3. The van der Waals surface area contributed by atoms with E-state index < -0.39 is 0 Å². The first-order valence-corrected chi connectivity index (χ1v) is 10.1. The van der Waals surface area contributed by atoms with Crippen molar-refractivity contribution in [2.75, 3.05) is 6.54 Å². The Morgan fingerprint density at radius 3 is 2.17 bits per heavy atom. The van der Waals surface area contributed by atoms with Crippen molar-refractivity contribution in [3.05, 3.63) is 77.0 Å². The fourth-order valence-corrected chi connectivity index (χ4v) is 3.10. The van der Waals surface area contributed by atoms with Gasteiger partial charge in [-0.2, -0.15) is 5.10 Å². The van der Waals surface area contributed by atoms with Crippen LogP contribution in [-0.2, 0) is 11.3 Å². The van der Waals surface area contributed by atoms with Crippen molar-refractivity contribution >= 4 is 11.8 Å². The highest BCUT2D eigenvalue weighted by Crippen LogP contribution is 2.23. The summed E-state index contributed by atoms with van der Waals surface area (Å²) in [5.74, 6) is -0.540.